The lowest BCUT2D eigenvalue weighted by Crippen LogP contribution is -2.30. The molecule has 0 amide bonds. The van der Waals surface area contributed by atoms with E-state index in [0.29, 0.717) is 11.7 Å². The van der Waals surface area contributed by atoms with Crippen LogP contribution in [0.3, 0.4) is 0 Å². The molecule has 0 unspecified atom stereocenters. The highest BCUT2D eigenvalue weighted by Gasteiger charge is 2.20. The molecule has 0 radical (unpaired) electrons. The molecule has 0 aromatic carbocycles. The van der Waals surface area contributed by atoms with Crippen LogP contribution in [0, 0.1) is 5.92 Å². The molecule has 0 spiro atoms. The molecule has 1 rings (SSSR count). The molecule has 2 nitrogen and oxygen atoms in total. The summed E-state index contributed by atoms with van der Waals surface area (Å²) < 4.78 is 0. The van der Waals surface area contributed by atoms with Crippen molar-refractivity contribution in [3.8, 4) is 0 Å². The molecular formula is C8H15NO. The fourth-order valence-electron chi connectivity index (χ4n) is 1.49. The largest absolute Gasteiger partial charge is 0.328 e. The highest BCUT2D eigenvalue weighted by Crippen LogP contribution is 2.23. The molecule has 1 aliphatic carbocycles. The molecule has 1 fully saturated rings. The Kier molecular flexibility index (Phi) is 2.44. The number of carbonyl (C=O) groups is 1. The number of Topliss-reactive ketones (excluding diaryl/α,β-unsaturated/α-hetero) is 1. The Morgan fingerprint density at radius 2 is 2.00 bits per heavy atom. The van der Waals surface area contributed by atoms with Crippen molar-refractivity contribution in [3.63, 3.8) is 0 Å². The molecule has 0 bridgehead atoms. The Balaban J connectivity index is 2.33. The third-order valence-corrected chi connectivity index (χ3v) is 2.33. The maximum atomic E-state index is 10.8. The summed E-state index contributed by atoms with van der Waals surface area (Å²) in [6, 6.07) is 0.271. The molecule has 58 valence electrons. The average molecular weight is 141 g/mol. The van der Waals surface area contributed by atoms with Crippen LogP contribution in [-0.2, 0) is 4.79 Å². The van der Waals surface area contributed by atoms with Crippen molar-refractivity contribution in [1.29, 1.82) is 0 Å². The van der Waals surface area contributed by atoms with E-state index in [1.54, 1.807) is 0 Å². The molecule has 2 N–H and O–H groups in total. The molecular weight excluding hydrogens is 126 g/mol. The number of rotatable bonds is 1. The van der Waals surface area contributed by atoms with Crippen LogP contribution in [0.25, 0.3) is 0 Å². The van der Waals surface area contributed by atoms with Crippen LogP contribution in [0.2, 0.25) is 0 Å². The van der Waals surface area contributed by atoms with Crippen LogP contribution in [0.4, 0.5) is 0 Å². The molecule has 0 heterocycles. The standard InChI is InChI=1S/C8H15NO/c1-6(9)7-2-4-8(10)5-3-7/h6-7H,2-5,9H2,1H3/t6-/m0/s1. The highest BCUT2D eigenvalue weighted by atomic mass is 16.1. The minimum atomic E-state index is 0.271. The Morgan fingerprint density at radius 3 is 2.40 bits per heavy atom. The predicted molar refractivity (Wildman–Crippen MR) is 40.6 cm³/mol. The van der Waals surface area contributed by atoms with E-state index in [2.05, 4.69) is 0 Å². The van der Waals surface area contributed by atoms with Crippen LogP contribution in [-0.4, -0.2) is 11.8 Å². The van der Waals surface area contributed by atoms with Crippen LogP contribution < -0.4 is 5.73 Å². The summed E-state index contributed by atoms with van der Waals surface area (Å²) >= 11 is 0. The summed E-state index contributed by atoms with van der Waals surface area (Å²) in [6.07, 6.45) is 3.53. The Labute approximate surface area is 61.8 Å². The second-order valence-electron chi connectivity index (χ2n) is 3.24. The number of ketones is 1. The second-order valence-corrected chi connectivity index (χ2v) is 3.24. The number of carbonyl (C=O) groups excluding carboxylic acids is 1. The van der Waals surface area contributed by atoms with Crippen LogP contribution in [0.15, 0.2) is 0 Å². The molecule has 0 aliphatic heterocycles. The van der Waals surface area contributed by atoms with Crippen molar-refractivity contribution in [2.24, 2.45) is 11.7 Å². The number of nitrogens with two attached hydrogens (primary N) is 1. The molecule has 2 heteroatoms. The quantitative estimate of drug-likeness (QED) is 0.594. The lowest BCUT2D eigenvalue weighted by atomic mass is 9.84. The summed E-state index contributed by atoms with van der Waals surface area (Å²) in [5, 5.41) is 0. The topological polar surface area (TPSA) is 43.1 Å². The van der Waals surface area contributed by atoms with Gasteiger partial charge in [-0.1, -0.05) is 0 Å². The summed E-state index contributed by atoms with van der Waals surface area (Å²) in [5.74, 6) is 1.01. The summed E-state index contributed by atoms with van der Waals surface area (Å²) in [6.45, 7) is 2.03. The van der Waals surface area contributed by atoms with Gasteiger partial charge in [-0.05, 0) is 25.7 Å². The van der Waals surface area contributed by atoms with Crippen molar-refractivity contribution < 1.29 is 4.79 Å². The van der Waals surface area contributed by atoms with E-state index in [0.717, 1.165) is 25.7 Å². The van der Waals surface area contributed by atoms with Gasteiger partial charge < -0.3 is 5.73 Å². The molecule has 0 aromatic heterocycles. The molecule has 0 saturated heterocycles. The van der Waals surface area contributed by atoms with Gasteiger partial charge in [-0.2, -0.15) is 0 Å². The van der Waals surface area contributed by atoms with Crippen molar-refractivity contribution in [3.05, 3.63) is 0 Å². The smallest absolute Gasteiger partial charge is 0.132 e. The van der Waals surface area contributed by atoms with Gasteiger partial charge in [0.15, 0.2) is 0 Å². The first-order valence-electron chi connectivity index (χ1n) is 3.97. The predicted octanol–water partition coefficient (Wildman–Crippen LogP) is 1.09. The van der Waals surface area contributed by atoms with Gasteiger partial charge in [0.1, 0.15) is 5.78 Å². The fourth-order valence-corrected chi connectivity index (χ4v) is 1.49. The second kappa shape index (κ2) is 3.15. The van der Waals surface area contributed by atoms with Crippen molar-refractivity contribution in [2.75, 3.05) is 0 Å². The van der Waals surface area contributed by atoms with Crippen molar-refractivity contribution in [2.45, 2.75) is 38.6 Å². The van der Waals surface area contributed by atoms with E-state index in [4.69, 9.17) is 5.73 Å². The zero-order chi connectivity index (χ0) is 7.56. The highest BCUT2D eigenvalue weighted by molar-refractivity contribution is 5.79. The first-order chi connectivity index (χ1) is 4.70. The van der Waals surface area contributed by atoms with Crippen LogP contribution >= 0.6 is 0 Å². The van der Waals surface area contributed by atoms with Gasteiger partial charge >= 0.3 is 0 Å². The van der Waals surface area contributed by atoms with Gasteiger partial charge in [-0.3, -0.25) is 4.79 Å². The molecule has 0 aromatic rings. The Bertz CT molecular complexity index is 121. The SMILES string of the molecule is C[C@H](N)C1CCC(=O)CC1. The van der Waals surface area contributed by atoms with E-state index in [9.17, 15) is 4.79 Å². The maximum absolute atomic E-state index is 10.8. The van der Waals surface area contributed by atoms with E-state index < -0.39 is 0 Å². The first-order valence-corrected chi connectivity index (χ1v) is 3.97. The van der Waals surface area contributed by atoms with Gasteiger partial charge in [0, 0.05) is 18.9 Å². The van der Waals surface area contributed by atoms with E-state index in [1.165, 1.54) is 0 Å². The number of hydrogen-bond acceptors (Lipinski definition) is 2. The molecule has 1 saturated carbocycles. The van der Waals surface area contributed by atoms with Gasteiger partial charge in [-0.25, -0.2) is 0 Å². The molecule has 1 atom stereocenters. The van der Waals surface area contributed by atoms with Gasteiger partial charge in [0.2, 0.25) is 0 Å². The minimum absolute atomic E-state index is 0.271. The first kappa shape index (κ1) is 7.73. The minimum Gasteiger partial charge on any atom is -0.328 e. The molecule has 10 heavy (non-hydrogen) atoms. The third kappa shape index (κ3) is 1.81. The van der Waals surface area contributed by atoms with Gasteiger partial charge in [0.25, 0.3) is 0 Å². The lowest BCUT2D eigenvalue weighted by molar-refractivity contribution is -0.121. The van der Waals surface area contributed by atoms with E-state index >= 15 is 0 Å². The Hall–Kier alpha value is -0.370. The van der Waals surface area contributed by atoms with Crippen molar-refractivity contribution >= 4 is 5.78 Å². The summed E-state index contributed by atoms with van der Waals surface area (Å²) in [5.41, 5.74) is 5.70. The average Bonchev–Trinajstić information content (AvgIpc) is 1.88. The Morgan fingerprint density at radius 1 is 1.50 bits per heavy atom. The van der Waals surface area contributed by atoms with E-state index in [1.807, 2.05) is 6.92 Å². The maximum Gasteiger partial charge on any atom is 0.132 e. The van der Waals surface area contributed by atoms with Gasteiger partial charge in [0.05, 0.1) is 0 Å². The lowest BCUT2D eigenvalue weighted by Gasteiger charge is -2.23. The summed E-state index contributed by atoms with van der Waals surface area (Å²) in [7, 11) is 0. The number of hydrogen-bond donors (Lipinski definition) is 1. The van der Waals surface area contributed by atoms with Crippen molar-refractivity contribution in [1.82, 2.24) is 0 Å². The summed E-state index contributed by atoms with van der Waals surface area (Å²) in [4.78, 5) is 10.8. The normalized spacial score (nSPS) is 24.8. The van der Waals surface area contributed by atoms with Crippen LogP contribution in [0.1, 0.15) is 32.6 Å². The van der Waals surface area contributed by atoms with E-state index in [-0.39, 0.29) is 6.04 Å². The van der Waals surface area contributed by atoms with Crippen LogP contribution in [0.5, 0.6) is 0 Å². The third-order valence-electron chi connectivity index (χ3n) is 2.33. The van der Waals surface area contributed by atoms with Gasteiger partial charge in [-0.15, -0.1) is 0 Å². The zero-order valence-corrected chi connectivity index (χ0v) is 6.47. The fraction of sp³-hybridized carbons (Fsp3) is 0.875. The zero-order valence-electron chi connectivity index (χ0n) is 6.47. The monoisotopic (exact) mass is 141 g/mol. The molecule has 1 aliphatic rings.